The predicted molar refractivity (Wildman–Crippen MR) is 65.2 cm³/mol. The molecule has 0 bridgehead atoms. The van der Waals surface area contributed by atoms with E-state index in [2.05, 4.69) is 29.0 Å². The molecule has 0 atom stereocenters. The fraction of sp³-hybridized carbons (Fsp3) is 0.500. The Labute approximate surface area is 96.9 Å². The number of hydrogen-bond donors (Lipinski definition) is 1. The summed E-state index contributed by atoms with van der Waals surface area (Å²) < 4.78 is 0. The summed E-state index contributed by atoms with van der Waals surface area (Å²) in [6.45, 7) is 8.33. The fourth-order valence-electron chi connectivity index (χ4n) is 1.45. The van der Waals surface area contributed by atoms with Gasteiger partial charge in [-0.3, -0.25) is 0 Å². The van der Waals surface area contributed by atoms with Gasteiger partial charge in [0.2, 0.25) is 0 Å². The molecule has 0 saturated carbocycles. The largest absolute Gasteiger partial charge is 0.369 e. The molecule has 1 N–H and O–H groups in total. The molecule has 0 aromatic carbocycles. The lowest BCUT2D eigenvalue weighted by molar-refractivity contribution is 0.316. The number of nitrogens with zero attached hydrogens (tertiary/aromatic N) is 3. The van der Waals surface area contributed by atoms with E-state index in [0.29, 0.717) is 5.56 Å². The molecular formula is C12H18N4. The smallest absolute Gasteiger partial charge is 0.126 e. The third-order valence-electron chi connectivity index (χ3n) is 2.52. The lowest BCUT2D eigenvalue weighted by Crippen LogP contribution is -2.28. The number of likely N-dealkylation sites (N-methyl/N-ethyl adjacent to an activating group) is 1. The van der Waals surface area contributed by atoms with Crippen LogP contribution in [0.2, 0.25) is 0 Å². The number of nitriles is 1. The first-order valence-electron chi connectivity index (χ1n) is 5.62. The summed E-state index contributed by atoms with van der Waals surface area (Å²) in [4.78, 5) is 6.49. The Balaban J connectivity index is 2.34. The van der Waals surface area contributed by atoms with E-state index in [9.17, 15) is 0 Å². The maximum atomic E-state index is 8.62. The van der Waals surface area contributed by atoms with Crippen molar-refractivity contribution < 1.29 is 0 Å². The van der Waals surface area contributed by atoms with Crippen LogP contribution in [-0.4, -0.2) is 36.1 Å². The minimum absolute atomic E-state index is 0.592. The van der Waals surface area contributed by atoms with Gasteiger partial charge in [0, 0.05) is 19.3 Å². The first-order chi connectivity index (χ1) is 7.80. The first-order valence-corrected chi connectivity index (χ1v) is 5.62. The highest BCUT2D eigenvalue weighted by molar-refractivity contribution is 5.38. The highest BCUT2D eigenvalue weighted by Crippen LogP contribution is 2.03. The van der Waals surface area contributed by atoms with Crippen LogP contribution in [-0.2, 0) is 0 Å². The number of anilines is 1. The highest BCUT2D eigenvalue weighted by Gasteiger charge is 1.98. The summed E-state index contributed by atoms with van der Waals surface area (Å²) in [5, 5.41) is 11.9. The Bertz CT molecular complexity index is 335. The van der Waals surface area contributed by atoms with Gasteiger partial charge in [0.15, 0.2) is 0 Å². The molecule has 0 aliphatic rings. The third-order valence-corrected chi connectivity index (χ3v) is 2.52. The Morgan fingerprint density at radius 3 is 2.62 bits per heavy atom. The van der Waals surface area contributed by atoms with Gasteiger partial charge < -0.3 is 10.2 Å². The van der Waals surface area contributed by atoms with Crippen molar-refractivity contribution in [3.63, 3.8) is 0 Å². The third kappa shape index (κ3) is 3.87. The van der Waals surface area contributed by atoms with Crippen LogP contribution in [0.3, 0.4) is 0 Å². The molecule has 0 unspecified atom stereocenters. The molecule has 0 aliphatic heterocycles. The van der Waals surface area contributed by atoms with Crippen molar-refractivity contribution >= 4 is 5.82 Å². The summed E-state index contributed by atoms with van der Waals surface area (Å²) in [5.74, 6) is 0.825. The maximum absolute atomic E-state index is 8.62. The van der Waals surface area contributed by atoms with Crippen LogP contribution in [0.4, 0.5) is 5.82 Å². The minimum Gasteiger partial charge on any atom is -0.369 e. The lowest BCUT2D eigenvalue weighted by atomic mass is 10.3. The molecule has 0 radical (unpaired) electrons. The second-order valence-corrected chi connectivity index (χ2v) is 3.50. The lowest BCUT2D eigenvalue weighted by Gasteiger charge is -2.18. The molecule has 1 rings (SSSR count). The van der Waals surface area contributed by atoms with Crippen LogP contribution in [0.1, 0.15) is 19.4 Å². The van der Waals surface area contributed by atoms with E-state index in [1.165, 1.54) is 0 Å². The topological polar surface area (TPSA) is 52.0 Å². The van der Waals surface area contributed by atoms with Crippen molar-refractivity contribution in [3.8, 4) is 6.07 Å². The van der Waals surface area contributed by atoms with Gasteiger partial charge in [-0.25, -0.2) is 4.98 Å². The number of pyridine rings is 1. The van der Waals surface area contributed by atoms with Crippen LogP contribution in [0.5, 0.6) is 0 Å². The van der Waals surface area contributed by atoms with E-state index in [-0.39, 0.29) is 0 Å². The molecule has 4 heteroatoms. The van der Waals surface area contributed by atoms with Crippen LogP contribution >= 0.6 is 0 Å². The second-order valence-electron chi connectivity index (χ2n) is 3.50. The number of aromatic nitrogens is 1. The number of rotatable bonds is 6. The highest BCUT2D eigenvalue weighted by atomic mass is 15.1. The zero-order chi connectivity index (χ0) is 11.8. The van der Waals surface area contributed by atoms with Gasteiger partial charge in [0.1, 0.15) is 11.9 Å². The van der Waals surface area contributed by atoms with E-state index < -0.39 is 0 Å². The standard InChI is InChI=1S/C12H18N4/c1-3-16(4-2)8-7-14-12-6-5-11(9-13)10-15-12/h5-6,10H,3-4,7-8H2,1-2H3,(H,14,15). The Morgan fingerprint density at radius 1 is 1.38 bits per heavy atom. The SMILES string of the molecule is CCN(CC)CCNc1ccc(C#N)cn1. The molecular weight excluding hydrogens is 200 g/mol. The van der Waals surface area contributed by atoms with E-state index >= 15 is 0 Å². The van der Waals surface area contributed by atoms with Crippen molar-refractivity contribution in [2.75, 3.05) is 31.5 Å². The van der Waals surface area contributed by atoms with E-state index in [4.69, 9.17) is 5.26 Å². The zero-order valence-corrected chi connectivity index (χ0v) is 9.90. The average Bonchev–Trinajstić information content (AvgIpc) is 2.35. The molecule has 0 spiro atoms. The molecule has 0 fully saturated rings. The van der Waals surface area contributed by atoms with Crippen molar-refractivity contribution in [1.82, 2.24) is 9.88 Å². The molecule has 1 aromatic heterocycles. The summed E-state index contributed by atoms with van der Waals surface area (Å²) in [6.07, 6.45) is 1.58. The van der Waals surface area contributed by atoms with Crippen molar-refractivity contribution in [1.29, 1.82) is 5.26 Å². The van der Waals surface area contributed by atoms with Gasteiger partial charge in [0.05, 0.1) is 5.56 Å². The van der Waals surface area contributed by atoms with E-state index in [1.807, 2.05) is 12.1 Å². The van der Waals surface area contributed by atoms with Gasteiger partial charge in [-0.15, -0.1) is 0 Å². The summed E-state index contributed by atoms with van der Waals surface area (Å²) in [6, 6.07) is 5.65. The maximum Gasteiger partial charge on any atom is 0.126 e. The molecule has 16 heavy (non-hydrogen) atoms. The number of hydrogen-bond acceptors (Lipinski definition) is 4. The van der Waals surface area contributed by atoms with Crippen LogP contribution in [0, 0.1) is 11.3 Å². The Kier molecular flexibility index (Phi) is 5.30. The molecule has 4 nitrogen and oxygen atoms in total. The molecule has 0 amide bonds. The van der Waals surface area contributed by atoms with Crippen LogP contribution in [0.15, 0.2) is 18.3 Å². The Hall–Kier alpha value is -1.60. The van der Waals surface area contributed by atoms with Gasteiger partial charge in [-0.2, -0.15) is 5.26 Å². The summed E-state index contributed by atoms with van der Waals surface area (Å²) in [5.41, 5.74) is 0.592. The summed E-state index contributed by atoms with van der Waals surface area (Å²) in [7, 11) is 0. The fourth-order valence-corrected chi connectivity index (χ4v) is 1.45. The van der Waals surface area contributed by atoms with Gasteiger partial charge in [0.25, 0.3) is 0 Å². The van der Waals surface area contributed by atoms with Crippen molar-refractivity contribution in [2.45, 2.75) is 13.8 Å². The quantitative estimate of drug-likeness (QED) is 0.789. The second kappa shape index (κ2) is 6.81. The molecule has 1 aromatic rings. The minimum atomic E-state index is 0.592. The monoisotopic (exact) mass is 218 g/mol. The molecule has 0 saturated heterocycles. The Morgan fingerprint density at radius 2 is 2.12 bits per heavy atom. The first kappa shape index (κ1) is 12.5. The van der Waals surface area contributed by atoms with Crippen LogP contribution in [0.25, 0.3) is 0 Å². The van der Waals surface area contributed by atoms with Crippen molar-refractivity contribution in [2.24, 2.45) is 0 Å². The zero-order valence-electron chi connectivity index (χ0n) is 9.90. The normalized spacial score (nSPS) is 10.1. The molecule has 1 heterocycles. The molecule has 0 aliphatic carbocycles. The average molecular weight is 218 g/mol. The van der Waals surface area contributed by atoms with E-state index in [0.717, 1.165) is 32.0 Å². The van der Waals surface area contributed by atoms with Gasteiger partial charge >= 0.3 is 0 Å². The van der Waals surface area contributed by atoms with Gasteiger partial charge in [-0.05, 0) is 25.2 Å². The van der Waals surface area contributed by atoms with E-state index in [1.54, 1.807) is 12.3 Å². The van der Waals surface area contributed by atoms with Gasteiger partial charge in [-0.1, -0.05) is 13.8 Å². The predicted octanol–water partition coefficient (Wildman–Crippen LogP) is 1.71. The summed E-state index contributed by atoms with van der Waals surface area (Å²) >= 11 is 0. The number of nitrogens with one attached hydrogen (secondary N) is 1. The van der Waals surface area contributed by atoms with Crippen molar-refractivity contribution in [3.05, 3.63) is 23.9 Å². The molecule has 86 valence electrons. The van der Waals surface area contributed by atoms with Crippen LogP contribution < -0.4 is 5.32 Å².